The van der Waals surface area contributed by atoms with Gasteiger partial charge in [0.15, 0.2) is 5.71 Å². The third-order valence-electron chi connectivity index (χ3n) is 3.00. The molecular weight excluding hydrogens is 186 g/mol. The quantitative estimate of drug-likeness (QED) is 0.638. The van der Waals surface area contributed by atoms with E-state index in [1.54, 1.807) is 0 Å². The highest BCUT2D eigenvalue weighted by atomic mass is 15.3. The molecule has 15 heavy (non-hydrogen) atoms. The fourth-order valence-corrected chi connectivity index (χ4v) is 2.06. The summed E-state index contributed by atoms with van der Waals surface area (Å²) in [6.45, 7) is 2.28. The first kappa shape index (κ1) is 10.1. The van der Waals surface area contributed by atoms with Crippen LogP contribution in [0.3, 0.4) is 0 Å². The first-order chi connectivity index (χ1) is 7.18. The fourth-order valence-electron chi connectivity index (χ4n) is 2.06. The van der Waals surface area contributed by atoms with Gasteiger partial charge in [-0.15, -0.1) is 0 Å². The predicted octanol–water partition coefficient (Wildman–Crippen LogP) is 1.73. The molecule has 0 saturated carbocycles. The average Bonchev–Trinajstić information content (AvgIpc) is 2.70. The molecule has 1 aromatic rings. The van der Waals surface area contributed by atoms with Crippen molar-refractivity contribution in [3.8, 4) is 0 Å². The van der Waals surface area contributed by atoms with E-state index in [0.717, 1.165) is 6.42 Å². The van der Waals surface area contributed by atoms with Crippen LogP contribution in [0, 0.1) is 5.92 Å². The van der Waals surface area contributed by atoms with Gasteiger partial charge in [0.05, 0.1) is 6.04 Å². The Bertz CT molecular complexity index is 383. The lowest BCUT2D eigenvalue weighted by molar-refractivity contribution is -0.465. The summed E-state index contributed by atoms with van der Waals surface area (Å²) in [7, 11) is 4.20. The van der Waals surface area contributed by atoms with E-state index in [-0.39, 0.29) is 0 Å². The lowest BCUT2D eigenvalue weighted by atomic mass is 9.90. The summed E-state index contributed by atoms with van der Waals surface area (Å²) in [5.41, 5.74) is 1.39. The van der Waals surface area contributed by atoms with Crippen LogP contribution in [0.25, 0.3) is 0 Å². The van der Waals surface area contributed by atoms with Crippen molar-refractivity contribution in [2.24, 2.45) is 5.92 Å². The van der Waals surface area contributed by atoms with E-state index in [9.17, 15) is 0 Å². The van der Waals surface area contributed by atoms with Crippen molar-refractivity contribution in [1.82, 2.24) is 9.78 Å². The van der Waals surface area contributed by atoms with E-state index in [4.69, 9.17) is 0 Å². The molecule has 0 radical (unpaired) electrons. The second-order valence-electron chi connectivity index (χ2n) is 4.40. The Morgan fingerprint density at radius 1 is 1.47 bits per heavy atom. The molecule has 2 atom stereocenters. The first-order valence-corrected chi connectivity index (χ1v) is 5.39. The van der Waals surface area contributed by atoms with Crippen molar-refractivity contribution in [3.05, 3.63) is 30.6 Å². The molecular formula is C12H18N3+. The van der Waals surface area contributed by atoms with Crippen LogP contribution in [-0.4, -0.2) is 34.2 Å². The van der Waals surface area contributed by atoms with Gasteiger partial charge in [-0.2, -0.15) is 5.10 Å². The van der Waals surface area contributed by atoms with Crippen molar-refractivity contribution in [2.75, 3.05) is 14.1 Å². The number of rotatable bonds is 1. The van der Waals surface area contributed by atoms with Crippen LogP contribution < -0.4 is 0 Å². The van der Waals surface area contributed by atoms with Gasteiger partial charge in [-0.05, 0) is 12.0 Å². The first-order valence-electron chi connectivity index (χ1n) is 5.39. The third kappa shape index (κ3) is 2.01. The summed E-state index contributed by atoms with van der Waals surface area (Å²) in [6, 6.07) is 2.38. The molecule has 0 N–H and O–H groups in total. The summed E-state index contributed by atoms with van der Waals surface area (Å²) < 4.78 is 4.22. The van der Waals surface area contributed by atoms with Gasteiger partial charge >= 0.3 is 0 Å². The van der Waals surface area contributed by atoms with Crippen molar-refractivity contribution in [3.63, 3.8) is 0 Å². The van der Waals surface area contributed by atoms with Gasteiger partial charge in [-0.3, -0.25) is 4.68 Å². The van der Waals surface area contributed by atoms with Gasteiger partial charge in [0.1, 0.15) is 14.1 Å². The predicted molar refractivity (Wildman–Crippen MR) is 61.3 cm³/mol. The van der Waals surface area contributed by atoms with Gasteiger partial charge in [0.25, 0.3) is 0 Å². The lowest BCUT2D eigenvalue weighted by Crippen LogP contribution is -2.25. The maximum Gasteiger partial charge on any atom is 0.175 e. The Hall–Kier alpha value is -1.38. The molecule has 0 fully saturated rings. The van der Waals surface area contributed by atoms with E-state index >= 15 is 0 Å². The molecule has 2 rings (SSSR count). The SMILES string of the molecule is C[C@H]1CC(=[N+](C)C)C=C[C@H]1n1cccn1. The van der Waals surface area contributed by atoms with Crippen molar-refractivity contribution in [2.45, 2.75) is 19.4 Å². The van der Waals surface area contributed by atoms with E-state index in [2.05, 4.69) is 42.8 Å². The molecule has 1 aromatic heterocycles. The molecule has 0 aliphatic heterocycles. The normalized spacial score (nSPS) is 25.7. The van der Waals surface area contributed by atoms with Crippen LogP contribution in [0.5, 0.6) is 0 Å². The standard InChI is InChI=1S/C12H18N3/c1-10-9-11(14(2)3)5-6-12(10)15-8-4-7-13-15/h4-8,10,12H,9H2,1-3H3/q+1/t10-,12+/m0/s1. The van der Waals surface area contributed by atoms with Crippen molar-refractivity contribution >= 4 is 5.71 Å². The smallest absolute Gasteiger partial charge is 0.175 e. The van der Waals surface area contributed by atoms with E-state index in [1.165, 1.54) is 5.71 Å². The van der Waals surface area contributed by atoms with Crippen molar-refractivity contribution in [1.29, 1.82) is 0 Å². The van der Waals surface area contributed by atoms with E-state index in [1.807, 2.05) is 23.1 Å². The van der Waals surface area contributed by atoms with Gasteiger partial charge in [-0.25, -0.2) is 4.58 Å². The molecule has 1 aliphatic carbocycles. The minimum absolute atomic E-state index is 0.406. The molecule has 0 unspecified atom stereocenters. The zero-order chi connectivity index (χ0) is 10.8. The highest BCUT2D eigenvalue weighted by molar-refractivity contribution is 5.91. The highest BCUT2D eigenvalue weighted by Crippen LogP contribution is 2.26. The Labute approximate surface area is 90.7 Å². The second-order valence-corrected chi connectivity index (χ2v) is 4.40. The number of nitrogens with zero attached hydrogens (tertiary/aromatic N) is 3. The number of aromatic nitrogens is 2. The van der Waals surface area contributed by atoms with E-state index in [0.29, 0.717) is 12.0 Å². The maximum absolute atomic E-state index is 4.30. The topological polar surface area (TPSA) is 20.8 Å². The Morgan fingerprint density at radius 2 is 2.27 bits per heavy atom. The summed E-state index contributed by atoms with van der Waals surface area (Å²) in [5.74, 6) is 0.604. The van der Waals surface area contributed by atoms with Gasteiger partial charge in [0.2, 0.25) is 0 Å². The number of hydrogen-bond acceptors (Lipinski definition) is 1. The number of allylic oxidation sites excluding steroid dienone is 2. The van der Waals surface area contributed by atoms with Crippen LogP contribution in [0.4, 0.5) is 0 Å². The zero-order valence-corrected chi connectivity index (χ0v) is 9.59. The van der Waals surface area contributed by atoms with E-state index < -0.39 is 0 Å². The molecule has 0 spiro atoms. The lowest BCUT2D eigenvalue weighted by Gasteiger charge is -2.24. The van der Waals surface area contributed by atoms with Gasteiger partial charge in [0, 0.05) is 24.9 Å². The average molecular weight is 204 g/mol. The summed E-state index contributed by atoms with van der Waals surface area (Å²) >= 11 is 0. The largest absolute Gasteiger partial charge is 0.266 e. The van der Waals surface area contributed by atoms with Crippen LogP contribution in [-0.2, 0) is 0 Å². The fraction of sp³-hybridized carbons (Fsp3) is 0.500. The molecule has 0 aromatic carbocycles. The minimum atomic E-state index is 0.406. The van der Waals surface area contributed by atoms with Crippen LogP contribution in [0.2, 0.25) is 0 Å². The zero-order valence-electron chi connectivity index (χ0n) is 9.59. The molecule has 1 heterocycles. The van der Waals surface area contributed by atoms with Crippen LogP contribution in [0.1, 0.15) is 19.4 Å². The number of hydrogen-bond donors (Lipinski definition) is 0. The third-order valence-corrected chi connectivity index (χ3v) is 3.00. The molecule has 0 saturated heterocycles. The molecule has 3 heteroatoms. The molecule has 0 bridgehead atoms. The summed E-state index contributed by atoms with van der Waals surface area (Å²) in [5, 5.41) is 4.30. The molecule has 1 aliphatic rings. The Balaban J connectivity index is 2.25. The summed E-state index contributed by atoms with van der Waals surface area (Å²) in [4.78, 5) is 0. The van der Waals surface area contributed by atoms with Crippen LogP contribution in [0.15, 0.2) is 30.6 Å². The Kier molecular flexibility index (Phi) is 2.71. The second kappa shape index (κ2) is 4.01. The summed E-state index contributed by atoms with van der Waals surface area (Å²) in [6.07, 6.45) is 9.45. The molecule has 80 valence electrons. The van der Waals surface area contributed by atoms with Gasteiger partial charge < -0.3 is 0 Å². The van der Waals surface area contributed by atoms with Crippen LogP contribution >= 0.6 is 0 Å². The molecule has 0 amide bonds. The Morgan fingerprint density at radius 3 is 2.80 bits per heavy atom. The monoisotopic (exact) mass is 204 g/mol. The molecule has 3 nitrogen and oxygen atoms in total. The van der Waals surface area contributed by atoms with Gasteiger partial charge in [-0.1, -0.05) is 13.0 Å². The highest BCUT2D eigenvalue weighted by Gasteiger charge is 2.24. The maximum atomic E-state index is 4.30. The van der Waals surface area contributed by atoms with Crippen molar-refractivity contribution < 1.29 is 4.58 Å². The minimum Gasteiger partial charge on any atom is -0.266 e.